The largest absolute Gasteiger partial charge is 0.463 e. The lowest BCUT2D eigenvalue weighted by Gasteiger charge is -2.52. The van der Waals surface area contributed by atoms with E-state index in [1.54, 1.807) is 6.92 Å². The van der Waals surface area contributed by atoms with E-state index in [1.807, 2.05) is 97.9 Å². The highest BCUT2D eigenvalue weighted by atomic mass is 32.2. The molecule has 14 atom stereocenters. The molecule has 0 aromatic heterocycles. The fourth-order valence-electron chi connectivity index (χ4n) is 10.4. The van der Waals surface area contributed by atoms with Crippen molar-refractivity contribution in [3.8, 4) is 0 Å². The van der Waals surface area contributed by atoms with Crippen molar-refractivity contribution in [2.45, 2.75) is 178 Å². The number of ether oxygens (including phenoxy) is 11. The van der Waals surface area contributed by atoms with Gasteiger partial charge >= 0.3 is 23.9 Å². The molecule has 3 aromatic rings. The first-order valence-electron chi connectivity index (χ1n) is 25.0. The molecule has 0 saturated carbocycles. The van der Waals surface area contributed by atoms with Crippen molar-refractivity contribution in [2.75, 3.05) is 19.0 Å². The van der Waals surface area contributed by atoms with Gasteiger partial charge in [0.2, 0.25) is 4.93 Å². The smallest absolute Gasteiger partial charge is 0.303 e. The summed E-state index contributed by atoms with van der Waals surface area (Å²) in [6, 6.07) is 28.5. The molecule has 0 amide bonds. The first-order valence-corrected chi connectivity index (χ1v) is 26.6. The van der Waals surface area contributed by atoms with Gasteiger partial charge in [-0.2, -0.15) is 0 Å². The lowest BCUT2D eigenvalue weighted by molar-refractivity contribution is -0.270. The summed E-state index contributed by atoms with van der Waals surface area (Å²) < 4.78 is 103. The summed E-state index contributed by atoms with van der Waals surface area (Å²) in [4.78, 5) is 48.6. The SMILES string of the molecule is CCS(=O)(=O)[C@@]12O[C@@H]3C[C@H](C)C[C@H](OC(C)=O)[C@@H](COC(C)=O)O[C@H]3C[C@H]1O[C@H]1C[C@@H](OC(C)=O)[C@@H](OC(C)=O)C[C@@H](OCc3ccccc3)[C@H](COCc3ccccc3)O[C@@H]1C[C@H]2OCc1ccccc1. The Hall–Kier alpha value is -4.79. The number of carbonyl (C=O) groups is 4. The molecule has 18 heteroatoms. The Labute approximate surface area is 422 Å². The fraction of sp³-hybridized carbons (Fsp3) is 0.593. The van der Waals surface area contributed by atoms with E-state index in [1.165, 1.54) is 27.7 Å². The first-order chi connectivity index (χ1) is 34.5. The molecule has 4 saturated heterocycles. The van der Waals surface area contributed by atoms with Crippen molar-refractivity contribution in [3.05, 3.63) is 108 Å². The number of sulfone groups is 1. The van der Waals surface area contributed by atoms with Gasteiger partial charge in [-0.25, -0.2) is 8.42 Å². The molecule has 0 unspecified atom stereocenters. The normalized spacial score (nSPS) is 31.9. The quantitative estimate of drug-likeness (QED) is 0.104. The second kappa shape index (κ2) is 25.4. The minimum atomic E-state index is -4.33. The highest BCUT2D eigenvalue weighted by molar-refractivity contribution is 7.92. The topological polar surface area (TPSA) is 204 Å². The Morgan fingerprint density at radius 2 is 1.04 bits per heavy atom. The zero-order chi connectivity index (χ0) is 51.4. The van der Waals surface area contributed by atoms with Gasteiger partial charge in [-0.3, -0.25) is 19.2 Å². The third kappa shape index (κ3) is 14.3. The molecule has 0 spiro atoms. The monoisotopic (exact) mass is 1020 g/mol. The Morgan fingerprint density at radius 1 is 0.542 bits per heavy atom. The average molecular weight is 1020 g/mol. The van der Waals surface area contributed by atoms with Crippen LogP contribution < -0.4 is 0 Å². The zero-order valence-corrected chi connectivity index (χ0v) is 42.8. The molecular weight excluding hydrogens is 953 g/mol. The summed E-state index contributed by atoms with van der Waals surface area (Å²) in [5.74, 6) is -2.95. The summed E-state index contributed by atoms with van der Waals surface area (Å²) >= 11 is 0. The maximum Gasteiger partial charge on any atom is 0.303 e. The molecule has 0 radical (unpaired) electrons. The maximum absolute atomic E-state index is 15.4. The zero-order valence-electron chi connectivity index (χ0n) is 42.0. The van der Waals surface area contributed by atoms with E-state index in [-0.39, 0.29) is 70.4 Å². The number of benzene rings is 3. The van der Waals surface area contributed by atoms with Crippen molar-refractivity contribution >= 4 is 33.7 Å². The van der Waals surface area contributed by atoms with Gasteiger partial charge in [0.05, 0.1) is 62.7 Å². The number of hydrogen-bond donors (Lipinski definition) is 0. The number of rotatable bonds is 17. The van der Waals surface area contributed by atoms with Crippen LogP contribution in [0.5, 0.6) is 0 Å². The first kappa shape index (κ1) is 55.0. The molecule has 394 valence electrons. The van der Waals surface area contributed by atoms with Crippen molar-refractivity contribution in [3.63, 3.8) is 0 Å². The van der Waals surface area contributed by atoms with Gasteiger partial charge in [-0.05, 0) is 35.4 Å². The predicted molar refractivity (Wildman–Crippen MR) is 259 cm³/mol. The Bertz CT molecular complexity index is 2340. The van der Waals surface area contributed by atoms with Crippen LogP contribution in [-0.4, -0.2) is 129 Å². The van der Waals surface area contributed by atoms with E-state index in [0.29, 0.717) is 12.8 Å². The van der Waals surface area contributed by atoms with E-state index in [4.69, 9.17) is 52.1 Å². The van der Waals surface area contributed by atoms with Gasteiger partial charge in [-0.15, -0.1) is 0 Å². The minimum absolute atomic E-state index is 0.00744. The summed E-state index contributed by atoms with van der Waals surface area (Å²) in [5, 5.41) is 0. The molecular formula is C54H70O17S. The third-order valence-corrected chi connectivity index (χ3v) is 16.1. The molecule has 0 aliphatic carbocycles. The van der Waals surface area contributed by atoms with Gasteiger partial charge in [0, 0.05) is 53.4 Å². The summed E-state index contributed by atoms with van der Waals surface area (Å²) in [5.41, 5.74) is 2.54. The van der Waals surface area contributed by atoms with Crippen LogP contribution >= 0.6 is 0 Å². The van der Waals surface area contributed by atoms with Gasteiger partial charge in [0.25, 0.3) is 0 Å². The number of esters is 4. The summed E-state index contributed by atoms with van der Waals surface area (Å²) in [7, 11) is -4.33. The van der Waals surface area contributed by atoms with Crippen molar-refractivity contribution in [2.24, 2.45) is 5.92 Å². The Morgan fingerprint density at radius 3 is 1.60 bits per heavy atom. The van der Waals surface area contributed by atoms with Crippen LogP contribution in [-0.2, 0) is 101 Å². The summed E-state index contributed by atoms with van der Waals surface area (Å²) in [6.07, 6.45) is -11.8. The van der Waals surface area contributed by atoms with Crippen molar-refractivity contribution in [1.29, 1.82) is 0 Å². The van der Waals surface area contributed by atoms with Crippen LogP contribution in [0.25, 0.3) is 0 Å². The molecule has 3 aromatic carbocycles. The van der Waals surface area contributed by atoms with Gasteiger partial charge in [0.15, 0.2) is 9.84 Å². The summed E-state index contributed by atoms with van der Waals surface area (Å²) in [6.45, 7) is 8.64. The fourth-order valence-corrected chi connectivity index (χ4v) is 12.3. The second-order valence-electron chi connectivity index (χ2n) is 19.3. The van der Waals surface area contributed by atoms with E-state index >= 15 is 8.42 Å². The number of carbonyl (C=O) groups excluding carboxylic acids is 4. The molecule has 4 aliphatic rings. The standard InChI is InChI=1S/C54H70O17S/c1-7-72(59,60)54-52(64-31-41-21-15-10-16-22-41)27-47-46(70-53(54)28-48-49(71-54)24-34(2)23-43(65-36(4)56)51(69-48)33-62-35(3)55)26-45(67-38(6)58)44(66-37(5)57)25-42(63-30-40-19-13-9-14-20-40)50(68-47)32-61-29-39-17-11-8-12-18-39/h8-22,34,42-53H,7,23-33H2,1-6H3/t34-,42-,43+,44+,45-,46+,47-,48+,49-,50+,51-,52-,53-,54-/m1/s1. The lowest BCUT2D eigenvalue weighted by Crippen LogP contribution is -2.68. The van der Waals surface area contributed by atoms with E-state index in [9.17, 15) is 19.2 Å². The van der Waals surface area contributed by atoms with Crippen molar-refractivity contribution < 1.29 is 79.7 Å². The third-order valence-electron chi connectivity index (χ3n) is 13.7. The van der Waals surface area contributed by atoms with Gasteiger partial charge < -0.3 is 52.1 Å². The molecule has 72 heavy (non-hydrogen) atoms. The minimum Gasteiger partial charge on any atom is -0.463 e. The highest BCUT2D eigenvalue weighted by Gasteiger charge is 2.66. The van der Waals surface area contributed by atoms with Crippen LogP contribution in [0.3, 0.4) is 0 Å². The molecule has 4 aliphatic heterocycles. The molecule has 4 fully saturated rings. The van der Waals surface area contributed by atoms with E-state index in [0.717, 1.165) is 16.7 Å². The van der Waals surface area contributed by atoms with E-state index < -0.39 is 112 Å². The molecule has 0 bridgehead atoms. The molecule has 0 N–H and O–H groups in total. The van der Waals surface area contributed by atoms with Crippen LogP contribution in [0.15, 0.2) is 91.0 Å². The number of fused-ring (bicyclic) bond motifs is 3. The Balaban J connectivity index is 1.36. The molecule has 4 heterocycles. The lowest BCUT2D eigenvalue weighted by atomic mass is 9.85. The van der Waals surface area contributed by atoms with Crippen LogP contribution in [0.1, 0.15) is 96.8 Å². The van der Waals surface area contributed by atoms with Gasteiger partial charge in [0.1, 0.15) is 49.3 Å². The second-order valence-corrected chi connectivity index (χ2v) is 21.7. The van der Waals surface area contributed by atoms with Crippen LogP contribution in [0.2, 0.25) is 0 Å². The highest BCUT2D eigenvalue weighted by Crippen LogP contribution is 2.49. The van der Waals surface area contributed by atoms with Gasteiger partial charge in [-0.1, -0.05) is 105 Å². The average Bonchev–Trinajstić information content (AvgIpc) is 3.43. The number of hydrogen-bond acceptors (Lipinski definition) is 17. The molecule has 17 nitrogen and oxygen atoms in total. The van der Waals surface area contributed by atoms with Crippen molar-refractivity contribution in [1.82, 2.24) is 0 Å². The van der Waals surface area contributed by atoms with Crippen LogP contribution in [0.4, 0.5) is 0 Å². The maximum atomic E-state index is 15.4. The Kier molecular flexibility index (Phi) is 19.4. The van der Waals surface area contributed by atoms with Crippen LogP contribution in [0, 0.1) is 5.92 Å². The predicted octanol–water partition coefficient (Wildman–Crippen LogP) is 6.54. The molecule has 7 rings (SSSR count). The van der Waals surface area contributed by atoms with E-state index in [2.05, 4.69) is 0 Å².